The van der Waals surface area contributed by atoms with Gasteiger partial charge in [0.25, 0.3) is 0 Å². The van der Waals surface area contributed by atoms with Gasteiger partial charge in [0.15, 0.2) is 0 Å². The average Bonchev–Trinajstić information content (AvgIpc) is 2.15. The second-order valence-electron chi connectivity index (χ2n) is 3.85. The summed E-state index contributed by atoms with van der Waals surface area (Å²) >= 11 is 0. The van der Waals surface area contributed by atoms with Gasteiger partial charge in [0.05, 0.1) is 6.10 Å². The van der Waals surface area contributed by atoms with Gasteiger partial charge < -0.3 is 10.0 Å². The minimum absolute atomic E-state index is 0.156. The van der Waals surface area contributed by atoms with Crippen LogP contribution in [0.15, 0.2) is 0 Å². The third kappa shape index (κ3) is 5.27. The van der Waals surface area contributed by atoms with Crippen molar-refractivity contribution in [1.82, 2.24) is 4.90 Å². The van der Waals surface area contributed by atoms with Crippen molar-refractivity contribution in [1.29, 1.82) is 0 Å². The van der Waals surface area contributed by atoms with Crippen molar-refractivity contribution in [2.75, 3.05) is 19.6 Å². The summed E-state index contributed by atoms with van der Waals surface area (Å²) in [6.45, 7) is 11.6. The lowest BCUT2D eigenvalue weighted by Crippen LogP contribution is -2.36. The van der Waals surface area contributed by atoms with Gasteiger partial charge in [-0.15, -0.1) is 0 Å². The Morgan fingerprint density at radius 1 is 1.23 bits per heavy atom. The molecule has 0 aromatic heterocycles. The number of aliphatic hydroxyl groups is 1. The third-order valence-electron chi connectivity index (χ3n) is 2.73. The first-order chi connectivity index (χ1) is 6.15. The molecular formula is C11H25NO. The average molecular weight is 187 g/mol. The van der Waals surface area contributed by atoms with Crippen LogP contribution in [0.5, 0.6) is 0 Å². The summed E-state index contributed by atoms with van der Waals surface area (Å²) in [7, 11) is 0. The lowest BCUT2D eigenvalue weighted by atomic mass is 10.0. The molecule has 0 fully saturated rings. The maximum atomic E-state index is 9.80. The van der Waals surface area contributed by atoms with Crippen LogP contribution in [0.1, 0.15) is 40.5 Å². The van der Waals surface area contributed by atoms with Crippen LogP contribution in [0, 0.1) is 5.92 Å². The molecule has 80 valence electrons. The summed E-state index contributed by atoms with van der Waals surface area (Å²) in [6.07, 6.45) is 2.07. The van der Waals surface area contributed by atoms with Crippen LogP contribution in [0.2, 0.25) is 0 Å². The van der Waals surface area contributed by atoms with Crippen LogP contribution in [0.3, 0.4) is 0 Å². The standard InChI is InChI=1S/C11H25NO/c1-5-8-12(7-3)9-11(13)10(4)6-2/h10-11,13H,5-9H2,1-4H3. The van der Waals surface area contributed by atoms with Gasteiger partial charge in [-0.1, -0.05) is 34.1 Å². The fourth-order valence-electron chi connectivity index (χ4n) is 1.41. The number of aliphatic hydroxyl groups excluding tert-OH is 1. The smallest absolute Gasteiger partial charge is 0.0692 e. The molecule has 0 aliphatic rings. The number of nitrogens with zero attached hydrogens (tertiary/aromatic N) is 1. The summed E-state index contributed by atoms with van der Waals surface area (Å²) in [5.74, 6) is 0.422. The first-order valence-corrected chi connectivity index (χ1v) is 5.56. The fourth-order valence-corrected chi connectivity index (χ4v) is 1.41. The second kappa shape index (κ2) is 7.34. The van der Waals surface area contributed by atoms with E-state index in [9.17, 15) is 5.11 Å². The Kier molecular flexibility index (Phi) is 7.29. The van der Waals surface area contributed by atoms with Gasteiger partial charge >= 0.3 is 0 Å². The molecule has 2 nitrogen and oxygen atoms in total. The third-order valence-corrected chi connectivity index (χ3v) is 2.73. The molecule has 0 aliphatic heterocycles. The molecule has 2 heteroatoms. The van der Waals surface area contributed by atoms with Gasteiger partial charge in [0.2, 0.25) is 0 Å². The molecule has 0 saturated carbocycles. The monoisotopic (exact) mass is 187 g/mol. The molecule has 0 radical (unpaired) electrons. The zero-order valence-corrected chi connectivity index (χ0v) is 9.58. The maximum Gasteiger partial charge on any atom is 0.0692 e. The second-order valence-corrected chi connectivity index (χ2v) is 3.85. The van der Waals surface area contributed by atoms with Gasteiger partial charge in [-0.25, -0.2) is 0 Å². The highest BCUT2D eigenvalue weighted by Crippen LogP contribution is 2.08. The van der Waals surface area contributed by atoms with E-state index in [4.69, 9.17) is 0 Å². The van der Waals surface area contributed by atoms with Gasteiger partial charge in [-0.2, -0.15) is 0 Å². The van der Waals surface area contributed by atoms with Gasteiger partial charge in [-0.3, -0.25) is 0 Å². The lowest BCUT2D eigenvalue weighted by molar-refractivity contribution is 0.0704. The van der Waals surface area contributed by atoms with Crippen molar-refractivity contribution >= 4 is 0 Å². The van der Waals surface area contributed by atoms with Crippen LogP contribution in [0.25, 0.3) is 0 Å². The molecule has 0 rings (SSSR count). The highest BCUT2D eigenvalue weighted by Gasteiger charge is 2.14. The Hall–Kier alpha value is -0.0800. The minimum atomic E-state index is -0.156. The fraction of sp³-hybridized carbons (Fsp3) is 1.00. The summed E-state index contributed by atoms with van der Waals surface area (Å²) in [5.41, 5.74) is 0. The van der Waals surface area contributed by atoms with E-state index in [1.165, 1.54) is 6.42 Å². The predicted molar refractivity (Wildman–Crippen MR) is 57.9 cm³/mol. The normalized spacial score (nSPS) is 16.2. The van der Waals surface area contributed by atoms with E-state index in [0.29, 0.717) is 5.92 Å². The molecule has 2 atom stereocenters. The van der Waals surface area contributed by atoms with Gasteiger partial charge in [-0.05, 0) is 25.4 Å². The molecule has 0 aliphatic carbocycles. The van der Waals surface area contributed by atoms with Gasteiger partial charge in [0.1, 0.15) is 0 Å². The first-order valence-electron chi connectivity index (χ1n) is 5.56. The van der Waals surface area contributed by atoms with Crippen LogP contribution >= 0.6 is 0 Å². The van der Waals surface area contributed by atoms with E-state index in [0.717, 1.165) is 26.1 Å². The lowest BCUT2D eigenvalue weighted by Gasteiger charge is -2.25. The molecule has 0 amide bonds. The summed E-state index contributed by atoms with van der Waals surface area (Å²) in [4.78, 5) is 2.32. The molecule has 13 heavy (non-hydrogen) atoms. The topological polar surface area (TPSA) is 23.5 Å². The summed E-state index contributed by atoms with van der Waals surface area (Å²) in [5, 5.41) is 9.80. The van der Waals surface area contributed by atoms with Crippen LogP contribution < -0.4 is 0 Å². The van der Waals surface area contributed by atoms with E-state index < -0.39 is 0 Å². The van der Waals surface area contributed by atoms with Crippen molar-refractivity contribution in [3.63, 3.8) is 0 Å². The molecule has 0 bridgehead atoms. The molecule has 0 aromatic carbocycles. The van der Waals surface area contributed by atoms with E-state index in [-0.39, 0.29) is 6.10 Å². The summed E-state index contributed by atoms with van der Waals surface area (Å²) in [6, 6.07) is 0. The molecule has 1 N–H and O–H groups in total. The van der Waals surface area contributed by atoms with Crippen molar-refractivity contribution in [3.05, 3.63) is 0 Å². The first kappa shape index (κ1) is 12.9. The Labute approximate surface area is 82.9 Å². The highest BCUT2D eigenvalue weighted by molar-refractivity contribution is 4.68. The van der Waals surface area contributed by atoms with E-state index in [1.54, 1.807) is 0 Å². The number of likely N-dealkylation sites (N-methyl/N-ethyl adjacent to an activating group) is 1. The van der Waals surface area contributed by atoms with Crippen LogP contribution in [-0.4, -0.2) is 35.7 Å². The molecule has 0 spiro atoms. The maximum absolute atomic E-state index is 9.80. The summed E-state index contributed by atoms with van der Waals surface area (Å²) < 4.78 is 0. The van der Waals surface area contributed by atoms with E-state index in [1.807, 2.05) is 0 Å². The van der Waals surface area contributed by atoms with E-state index >= 15 is 0 Å². The highest BCUT2D eigenvalue weighted by atomic mass is 16.3. The SMILES string of the molecule is CCCN(CC)CC(O)C(C)CC. The largest absolute Gasteiger partial charge is 0.392 e. The number of rotatable bonds is 7. The van der Waals surface area contributed by atoms with Crippen molar-refractivity contribution < 1.29 is 5.11 Å². The molecule has 0 heterocycles. The Morgan fingerprint density at radius 2 is 1.85 bits per heavy atom. The van der Waals surface area contributed by atoms with Crippen molar-refractivity contribution in [3.8, 4) is 0 Å². The molecular weight excluding hydrogens is 162 g/mol. The zero-order chi connectivity index (χ0) is 10.3. The Morgan fingerprint density at radius 3 is 2.23 bits per heavy atom. The Balaban J connectivity index is 3.78. The number of hydrogen-bond acceptors (Lipinski definition) is 2. The quantitative estimate of drug-likeness (QED) is 0.660. The van der Waals surface area contributed by atoms with Crippen molar-refractivity contribution in [2.45, 2.75) is 46.6 Å². The van der Waals surface area contributed by atoms with Crippen LogP contribution in [-0.2, 0) is 0 Å². The zero-order valence-electron chi connectivity index (χ0n) is 9.58. The number of hydrogen-bond donors (Lipinski definition) is 1. The molecule has 2 unspecified atom stereocenters. The minimum Gasteiger partial charge on any atom is -0.392 e. The van der Waals surface area contributed by atoms with Gasteiger partial charge in [0, 0.05) is 6.54 Å². The van der Waals surface area contributed by atoms with Crippen LogP contribution in [0.4, 0.5) is 0 Å². The predicted octanol–water partition coefficient (Wildman–Crippen LogP) is 2.13. The van der Waals surface area contributed by atoms with E-state index in [2.05, 4.69) is 32.6 Å². The Bertz CT molecular complexity index is 117. The molecule has 0 saturated heterocycles. The van der Waals surface area contributed by atoms with Crippen molar-refractivity contribution in [2.24, 2.45) is 5.92 Å². The molecule has 0 aromatic rings.